The van der Waals surface area contributed by atoms with Crippen molar-refractivity contribution in [3.63, 3.8) is 0 Å². The molecule has 1 heterocycles. The number of aryl methyl sites for hydroxylation is 1. The first-order valence-corrected chi connectivity index (χ1v) is 11.3. The summed E-state index contributed by atoms with van der Waals surface area (Å²) in [6, 6.07) is 18.7. The third kappa shape index (κ3) is 4.93. The molecule has 0 bridgehead atoms. The van der Waals surface area contributed by atoms with Gasteiger partial charge < -0.3 is 10.1 Å². The number of hydrogen-bond donors (Lipinski definition) is 2. The van der Waals surface area contributed by atoms with Crippen molar-refractivity contribution in [3.05, 3.63) is 88.4 Å². The van der Waals surface area contributed by atoms with Crippen molar-refractivity contribution in [2.75, 3.05) is 16.8 Å². The topological polar surface area (TPSA) is 87.7 Å². The lowest BCUT2D eigenvalue weighted by molar-refractivity contribution is -0.121. The normalized spacial score (nSPS) is 12.4. The number of fused-ring (bicyclic) bond motifs is 1. The van der Waals surface area contributed by atoms with Crippen LogP contribution in [0.15, 0.2) is 66.7 Å². The Morgan fingerprint density at radius 1 is 1.00 bits per heavy atom. The number of halogens is 1. The molecule has 9 heteroatoms. The summed E-state index contributed by atoms with van der Waals surface area (Å²) in [4.78, 5) is 38.6. The third-order valence-corrected chi connectivity index (χ3v) is 5.72. The predicted octanol–water partition coefficient (Wildman–Crippen LogP) is 4.60. The fourth-order valence-electron chi connectivity index (χ4n) is 3.45. The van der Waals surface area contributed by atoms with Gasteiger partial charge >= 0.3 is 0 Å². The van der Waals surface area contributed by atoms with Gasteiger partial charge in [-0.1, -0.05) is 42.8 Å². The fourth-order valence-corrected chi connectivity index (χ4v) is 3.90. The van der Waals surface area contributed by atoms with Crippen LogP contribution in [-0.4, -0.2) is 29.4 Å². The Hall–Kier alpha value is -3.75. The van der Waals surface area contributed by atoms with Gasteiger partial charge in [-0.3, -0.25) is 19.7 Å². The van der Waals surface area contributed by atoms with Crippen LogP contribution in [0.5, 0.6) is 5.75 Å². The molecular weight excluding hydrogens is 474 g/mol. The molecule has 0 saturated heterocycles. The van der Waals surface area contributed by atoms with E-state index in [1.54, 1.807) is 48.5 Å². The van der Waals surface area contributed by atoms with Crippen LogP contribution in [0, 0.1) is 0 Å². The maximum Gasteiger partial charge on any atom is 0.266 e. The molecule has 0 spiro atoms. The molecule has 0 saturated carbocycles. The third-order valence-electron chi connectivity index (χ3n) is 5.21. The Kier molecular flexibility index (Phi) is 6.90. The van der Waals surface area contributed by atoms with E-state index >= 15 is 0 Å². The van der Waals surface area contributed by atoms with Gasteiger partial charge in [0.15, 0.2) is 11.7 Å². The first-order chi connectivity index (χ1) is 16.4. The zero-order chi connectivity index (χ0) is 24.2. The molecule has 0 radical (unpaired) electrons. The molecule has 1 aliphatic rings. The SMILES string of the molecule is CCc1ccc(OCC(=O)NC(=S)Nc2ccc(N3C(=O)c4ccccc4C3=O)cc2Cl)cc1. The van der Waals surface area contributed by atoms with E-state index in [1.807, 2.05) is 12.1 Å². The Morgan fingerprint density at radius 2 is 1.65 bits per heavy atom. The summed E-state index contributed by atoms with van der Waals surface area (Å²) in [6.45, 7) is 1.85. The van der Waals surface area contributed by atoms with Crippen LogP contribution in [0.3, 0.4) is 0 Å². The highest BCUT2D eigenvalue weighted by atomic mass is 35.5. The second-order valence-corrected chi connectivity index (χ2v) is 8.26. The van der Waals surface area contributed by atoms with Crippen molar-refractivity contribution in [3.8, 4) is 5.75 Å². The van der Waals surface area contributed by atoms with E-state index in [-0.39, 0.29) is 16.7 Å². The number of nitrogens with one attached hydrogen (secondary N) is 2. The maximum absolute atomic E-state index is 12.7. The van der Waals surface area contributed by atoms with Crippen molar-refractivity contribution in [2.45, 2.75) is 13.3 Å². The molecular formula is C25H20ClN3O4S. The number of benzene rings is 3. The molecule has 4 rings (SSSR count). The van der Waals surface area contributed by atoms with Crippen LogP contribution in [-0.2, 0) is 11.2 Å². The van der Waals surface area contributed by atoms with Gasteiger partial charge in [0, 0.05) is 0 Å². The lowest BCUT2D eigenvalue weighted by Gasteiger charge is -2.16. The van der Waals surface area contributed by atoms with E-state index in [9.17, 15) is 14.4 Å². The lowest BCUT2D eigenvalue weighted by Crippen LogP contribution is -2.37. The van der Waals surface area contributed by atoms with Crippen LogP contribution in [0.4, 0.5) is 11.4 Å². The summed E-state index contributed by atoms with van der Waals surface area (Å²) in [5.41, 5.74) is 2.60. The zero-order valence-corrected chi connectivity index (χ0v) is 19.7. The lowest BCUT2D eigenvalue weighted by atomic mass is 10.1. The summed E-state index contributed by atoms with van der Waals surface area (Å²) in [7, 11) is 0. The second-order valence-electron chi connectivity index (χ2n) is 7.44. The highest BCUT2D eigenvalue weighted by Crippen LogP contribution is 2.32. The van der Waals surface area contributed by atoms with Gasteiger partial charge in [-0.25, -0.2) is 4.90 Å². The Labute approximate surface area is 206 Å². The van der Waals surface area contributed by atoms with Gasteiger partial charge in [-0.2, -0.15) is 0 Å². The monoisotopic (exact) mass is 493 g/mol. The van der Waals surface area contributed by atoms with E-state index < -0.39 is 17.7 Å². The predicted molar refractivity (Wildman–Crippen MR) is 135 cm³/mol. The maximum atomic E-state index is 12.7. The average Bonchev–Trinajstić information content (AvgIpc) is 3.09. The number of ether oxygens (including phenoxy) is 1. The molecule has 0 unspecified atom stereocenters. The molecule has 3 aromatic carbocycles. The summed E-state index contributed by atoms with van der Waals surface area (Å²) in [5, 5.41) is 5.61. The van der Waals surface area contributed by atoms with Gasteiger partial charge in [0.1, 0.15) is 5.75 Å². The van der Waals surface area contributed by atoms with Crippen molar-refractivity contribution in [2.24, 2.45) is 0 Å². The number of thiocarbonyl (C=S) groups is 1. The summed E-state index contributed by atoms with van der Waals surface area (Å²) >= 11 is 11.5. The van der Waals surface area contributed by atoms with Crippen molar-refractivity contribution in [1.82, 2.24) is 5.32 Å². The molecule has 172 valence electrons. The van der Waals surface area contributed by atoms with Crippen LogP contribution in [0.25, 0.3) is 0 Å². The van der Waals surface area contributed by atoms with Gasteiger partial charge in [-0.15, -0.1) is 0 Å². The van der Waals surface area contributed by atoms with Crippen LogP contribution >= 0.6 is 23.8 Å². The first kappa shape index (κ1) is 23.4. The van der Waals surface area contributed by atoms with Gasteiger partial charge in [0.25, 0.3) is 17.7 Å². The number of carbonyl (C=O) groups excluding carboxylic acids is 3. The number of carbonyl (C=O) groups is 3. The minimum absolute atomic E-state index is 0.0327. The molecule has 1 aliphatic heterocycles. The van der Waals surface area contributed by atoms with Crippen LogP contribution in [0.1, 0.15) is 33.2 Å². The Bertz CT molecular complexity index is 1260. The quantitative estimate of drug-likeness (QED) is 0.385. The smallest absolute Gasteiger partial charge is 0.266 e. The molecule has 7 nitrogen and oxygen atoms in total. The molecule has 0 aromatic heterocycles. The molecule has 3 amide bonds. The summed E-state index contributed by atoms with van der Waals surface area (Å²) in [5.74, 6) is -0.678. The van der Waals surface area contributed by atoms with E-state index in [2.05, 4.69) is 17.6 Å². The van der Waals surface area contributed by atoms with Crippen LogP contribution in [0.2, 0.25) is 5.02 Å². The minimum Gasteiger partial charge on any atom is -0.484 e. The first-order valence-electron chi connectivity index (χ1n) is 10.5. The number of imide groups is 1. The van der Waals surface area contributed by atoms with E-state index in [1.165, 1.54) is 11.6 Å². The summed E-state index contributed by atoms with van der Waals surface area (Å²) in [6.07, 6.45) is 0.919. The van der Waals surface area contributed by atoms with Gasteiger partial charge in [0.2, 0.25) is 0 Å². The Morgan fingerprint density at radius 3 is 2.24 bits per heavy atom. The number of rotatable bonds is 6. The molecule has 0 fully saturated rings. The van der Waals surface area contributed by atoms with Crippen LogP contribution < -0.4 is 20.3 Å². The van der Waals surface area contributed by atoms with E-state index in [4.69, 9.17) is 28.6 Å². The number of hydrogen-bond acceptors (Lipinski definition) is 5. The molecule has 34 heavy (non-hydrogen) atoms. The number of nitrogens with zero attached hydrogens (tertiary/aromatic N) is 1. The minimum atomic E-state index is -0.434. The number of anilines is 2. The summed E-state index contributed by atoms with van der Waals surface area (Å²) < 4.78 is 5.47. The molecule has 3 aromatic rings. The van der Waals surface area contributed by atoms with Crippen molar-refractivity contribution >= 4 is 58.0 Å². The average molecular weight is 494 g/mol. The van der Waals surface area contributed by atoms with E-state index in [0.29, 0.717) is 28.3 Å². The highest BCUT2D eigenvalue weighted by molar-refractivity contribution is 7.80. The molecule has 0 aliphatic carbocycles. The highest BCUT2D eigenvalue weighted by Gasteiger charge is 2.36. The van der Waals surface area contributed by atoms with Gasteiger partial charge in [-0.05, 0) is 66.7 Å². The second kappa shape index (κ2) is 10.0. The van der Waals surface area contributed by atoms with Gasteiger partial charge in [0.05, 0.1) is 27.5 Å². The zero-order valence-electron chi connectivity index (χ0n) is 18.1. The fraction of sp³-hybridized carbons (Fsp3) is 0.120. The van der Waals surface area contributed by atoms with E-state index in [0.717, 1.165) is 11.3 Å². The molecule has 0 atom stereocenters. The standard InChI is InChI=1S/C25H20ClN3O4S/c1-2-15-7-10-17(11-8-15)33-14-22(30)28-25(34)27-21-12-9-16(13-20(21)26)29-23(31)18-5-3-4-6-19(18)24(29)32/h3-13H,2,14H2,1H3,(H2,27,28,30,34). The number of amides is 3. The largest absolute Gasteiger partial charge is 0.484 e. The van der Waals surface area contributed by atoms with Crippen molar-refractivity contribution < 1.29 is 19.1 Å². The molecule has 2 N–H and O–H groups in total. The Balaban J connectivity index is 1.35. The van der Waals surface area contributed by atoms with Crippen molar-refractivity contribution in [1.29, 1.82) is 0 Å².